The highest BCUT2D eigenvalue weighted by atomic mass is 19.1. The van der Waals surface area contributed by atoms with E-state index in [1.807, 2.05) is 0 Å². The van der Waals surface area contributed by atoms with Gasteiger partial charge in [-0.25, -0.2) is 4.39 Å². The number of halogens is 1. The lowest BCUT2D eigenvalue weighted by molar-refractivity contribution is -0.101. The van der Waals surface area contributed by atoms with Crippen LogP contribution < -0.4 is 5.32 Å². The van der Waals surface area contributed by atoms with E-state index in [-0.39, 0.29) is 12.7 Å². The maximum Gasteiger partial charge on any atom is 0.128 e. The van der Waals surface area contributed by atoms with Gasteiger partial charge in [-0.15, -0.1) is 0 Å². The SMILES string of the molecule is CC(C)(F)COC1CNCCC12CCCCC2. The molecule has 1 aliphatic heterocycles. The summed E-state index contributed by atoms with van der Waals surface area (Å²) in [4.78, 5) is 0. The van der Waals surface area contributed by atoms with Gasteiger partial charge in [0.05, 0.1) is 12.7 Å². The molecule has 0 amide bonds. The molecule has 2 nitrogen and oxygen atoms in total. The third-order valence-electron chi connectivity index (χ3n) is 4.29. The van der Waals surface area contributed by atoms with E-state index in [0.29, 0.717) is 5.41 Å². The van der Waals surface area contributed by atoms with Crippen LogP contribution in [0.5, 0.6) is 0 Å². The van der Waals surface area contributed by atoms with Gasteiger partial charge < -0.3 is 10.1 Å². The van der Waals surface area contributed by atoms with E-state index >= 15 is 0 Å². The third-order valence-corrected chi connectivity index (χ3v) is 4.29. The number of hydrogen-bond acceptors (Lipinski definition) is 2. The van der Waals surface area contributed by atoms with E-state index in [1.54, 1.807) is 13.8 Å². The Bertz CT molecular complexity index is 235. The van der Waals surface area contributed by atoms with Crippen LogP contribution in [0.2, 0.25) is 0 Å². The van der Waals surface area contributed by atoms with Gasteiger partial charge in [-0.2, -0.15) is 0 Å². The fraction of sp³-hybridized carbons (Fsp3) is 1.00. The Labute approximate surface area is 104 Å². The number of ether oxygens (including phenoxy) is 1. The molecule has 1 aliphatic carbocycles. The summed E-state index contributed by atoms with van der Waals surface area (Å²) in [6, 6.07) is 0. The van der Waals surface area contributed by atoms with Crippen LogP contribution in [0.4, 0.5) is 4.39 Å². The predicted molar refractivity (Wildman–Crippen MR) is 67.9 cm³/mol. The summed E-state index contributed by atoms with van der Waals surface area (Å²) < 4.78 is 19.5. The van der Waals surface area contributed by atoms with E-state index in [0.717, 1.165) is 13.1 Å². The largest absolute Gasteiger partial charge is 0.373 e. The lowest BCUT2D eigenvalue weighted by Crippen LogP contribution is -2.52. The summed E-state index contributed by atoms with van der Waals surface area (Å²) in [6.45, 7) is 5.41. The first-order valence-corrected chi connectivity index (χ1v) is 7.03. The lowest BCUT2D eigenvalue weighted by Gasteiger charge is -2.47. The highest BCUT2D eigenvalue weighted by molar-refractivity contribution is 4.95. The van der Waals surface area contributed by atoms with Crippen molar-refractivity contribution in [3.05, 3.63) is 0 Å². The first kappa shape index (κ1) is 13.3. The molecular weight excluding hydrogens is 217 g/mol. The zero-order chi connectivity index (χ0) is 12.4. The van der Waals surface area contributed by atoms with Crippen LogP contribution in [0.25, 0.3) is 0 Å². The van der Waals surface area contributed by atoms with Crippen molar-refractivity contribution in [2.45, 2.75) is 64.1 Å². The van der Waals surface area contributed by atoms with Gasteiger partial charge in [0.2, 0.25) is 0 Å². The second-order valence-electron chi connectivity index (χ2n) is 6.40. The molecule has 1 saturated carbocycles. The minimum atomic E-state index is -1.21. The van der Waals surface area contributed by atoms with Crippen molar-refractivity contribution in [2.75, 3.05) is 19.7 Å². The van der Waals surface area contributed by atoms with E-state index in [4.69, 9.17) is 4.74 Å². The summed E-state index contributed by atoms with van der Waals surface area (Å²) in [5, 5.41) is 3.40. The molecule has 0 aromatic heterocycles. The van der Waals surface area contributed by atoms with Crippen LogP contribution in [-0.4, -0.2) is 31.5 Å². The molecule has 0 aromatic carbocycles. The smallest absolute Gasteiger partial charge is 0.128 e. The Morgan fingerprint density at radius 2 is 1.94 bits per heavy atom. The molecule has 1 saturated heterocycles. The van der Waals surface area contributed by atoms with Gasteiger partial charge in [-0.3, -0.25) is 0 Å². The van der Waals surface area contributed by atoms with E-state index in [1.165, 1.54) is 38.5 Å². The summed E-state index contributed by atoms with van der Waals surface area (Å²) in [5.74, 6) is 0. The fourth-order valence-electron chi connectivity index (χ4n) is 3.31. The molecule has 17 heavy (non-hydrogen) atoms. The van der Waals surface area contributed by atoms with Crippen LogP contribution in [0, 0.1) is 5.41 Å². The maximum atomic E-state index is 13.6. The van der Waals surface area contributed by atoms with Crippen LogP contribution >= 0.6 is 0 Å². The minimum Gasteiger partial charge on any atom is -0.373 e. The fourth-order valence-corrected chi connectivity index (χ4v) is 3.31. The Morgan fingerprint density at radius 1 is 1.24 bits per heavy atom. The van der Waals surface area contributed by atoms with Gasteiger partial charge >= 0.3 is 0 Å². The summed E-state index contributed by atoms with van der Waals surface area (Å²) in [6.07, 6.45) is 7.95. The highest BCUT2D eigenvalue weighted by Crippen LogP contribution is 2.44. The van der Waals surface area contributed by atoms with Crippen LogP contribution in [0.3, 0.4) is 0 Å². The van der Waals surface area contributed by atoms with Crippen molar-refractivity contribution in [2.24, 2.45) is 5.41 Å². The van der Waals surface area contributed by atoms with Crippen molar-refractivity contribution in [1.29, 1.82) is 0 Å². The van der Waals surface area contributed by atoms with Gasteiger partial charge in [0.1, 0.15) is 5.67 Å². The number of hydrogen-bond donors (Lipinski definition) is 1. The molecule has 2 fully saturated rings. The molecule has 0 bridgehead atoms. The lowest BCUT2D eigenvalue weighted by atomic mass is 9.66. The average molecular weight is 243 g/mol. The Morgan fingerprint density at radius 3 is 2.59 bits per heavy atom. The van der Waals surface area contributed by atoms with Crippen LogP contribution in [-0.2, 0) is 4.74 Å². The molecule has 0 radical (unpaired) electrons. The number of nitrogens with one attached hydrogen (secondary N) is 1. The molecule has 1 atom stereocenters. The normalized spacial score (nSPS) is 29.5. The summed E-state index contributed by atoms with van der Waals surface area (Å²) in [5.41, 5.74) is -0.873. The van der Waals surface area contributed by atoms with E-state index in [2.05, 4.69) is 5.32 Å². The average Bonchev–Trinajstić information content (AvgIpc) is 2.28. The van der Waals surface area contributed by atoms with Gasteiger partial charge in [0.25, 0.3) is 0 Å². The van der Waals surface area contributed by atoms with Crippen molar-refractivity contribution in [1.82, 2.24) is 5.32 Å². The quantitative estimate of drug-likeness (QED) is 0.822. The van der Waals surface area contributed by atoms with Gasteiger partial charge in [0, 0.05) is 6.54 Å². The van der Waals surface area contributed by atoms with Gasteiger partial charge in [-0.05, 0) is 45.1 Å². The molecule has 2 aliphatic rings. The molecular formula is C14H26FNO. The molecule has 2 rings (SSSR count). The Hall–Kier alpha value is -0.150. The van der Waals surface area contributed by atoms with E-state index in [9.17, 15) is 4.39 Å². The summed E-state index contributed by atoms with van der Waals surface area (Å²) in [7, 11) is 0. The molecule has 1 unspecified atom stereocenters. The van der Waals surface area contributed by atoms with Crippen molar-refractivity contribution < 1.29 is 9.13 Å². The van der Waals surface area contributed by atoms with Crippen LogP contribution in [0.15, 0.2) is 0 Å². The Balaban J connectivity index is 1.96. The standard InChI is InChI=1S/C14H26FNO/c1-13(2,15)11-17-12-10-16-9-8-14(12)6-4-3-5-7-14/h12,16H,3-11H2,1-2H3. The molecule has 1 spiro atoms. The first-order chi connectivity index (χ1) is 8.02. The maximum absolute atomic E-state index is 13.6. The van der Waals surface area contributed by atoms with Gasteiger partial charge in [-0.1, -0.05) is 19.3 Å². The first-order valence-electron chi connectivity index (χ1n) is 7.03. The van der Waals surface area contributed by atoms with Crippen molar-refractivity contribution in [3.8, 4) is 0 Å². The molecule has 1 N–H and O–H groups in total. The topological polar surface area (TPSA) is 21.3 Å². The second kappa shape index (κ2) is 5.23. The number of alkyl halides is 1. The van der Waals surface area contributed by atoms with E-state index < -0.39 is 5.67 Å². The Kier molecular flexibility index (Phi) is 4.09. The van der Waals surface area contributed by atoms with Crippen LogP contribution in [0.1, 0.15) is 52.4 Å². The molecule has 0 aromatic rings. The van der Waals surface area contributed by atoms with Gasteiger partial charge in [0.15, 0.2) is 0 Å². The highest BCUT2D eigenvalue weighted by Gasteiger charge is 2.42. The van der Waals surface area contributed by atoms with Crippen molar-refractivity contribution in [3.63, 3.8) is 0 Å². The summed E-state index contributed by atoms with van der Waals surface area (Å²) >= 11 is 0. The molecule has 1 heterocycles. The molecule has 100 valence electrons. The molecule has 3 heteroatoms. The zero-order valence-electron chi connectivity index (χ0n) is 11.2. The minimum absolute atomic E-state index is 0.214. The predicted octanol–water partition coefficient (Wildman–Crippen LogP) is 3.06. The number of piperidine rings is 1. The monoisotopic (exact) mass is 243 g/mol. The number of rotatable bonds is 3. The van der Waals surface area contributed by atoms with Crippen molar-refractivity contribution >= 4 is 0 Å². The second-order valence-corrected chi connectivity index (χ2v) is 6.40. The third kappa shape index (κ3) is 3.41. The zero-order valence-corrected chi connectivity index (χ0v) is 11.2.